The molecule has 11 heteroatoms. The van der Waals surface area contributed by atoms with Crippen LogP contribution in [0.5, 0.6) is 0 Å². The Hall–Kier alpha value is -2.98. The molecule has 1 N–H and O–H groups in total. The Labute approximate surface area is 169 Å². The van der Waals surface area contributed by atoms with Gasteiger partial charge in [-0.05, 0) is 25.1 Å². The highest BCUT2D eigenvalue weighted by molar-refractivity contribution is 8.00. The Morgan fingerprint density at radius 1 is 1.29 bits per heavy atom. The quantitative estimate of drug-likeness (QED) is 0.369. The van der Waals surface area contributed by atoms with Gasteiger partial charge >= 0.3 is 0 Å². The summed E-state index contributed by atoms with van der Waals surface area (Å²) in [5.41, 5.74) is 0.886. The second-order valence-electron chi connectivity index (χ2n) is 5.77. The van der Waals surface area contributed by atoms with Gasteiger partial charge in [-0.3, -0.25) is 19.9 Å². The first-order valence-corrected chi connectivity index (χ1v) is 9.34. The predicted octanol–water partition coefficient (Wildman–Crippen LogP) is 3.56. The van der Waals surface area contributed by atoms with Crippen LogP contribution < -0.4 is 5.32 Å². The number of anilines is 1. The molecule has 0 aliphatic rings. The summed E-state index contributed by atoms with van der Waals surface area (Å²) in [4.78, 5) is 26.8. The van der Waals surface area contributed by atoms with E-state index in [1.165, 1.54) is 30.0 Å². The summed E-state index contributed by atoms with van der Waals surface area (Å²) in [5, 5.41) is 22.1. The molecule has 3 rings (SSSR count). The molecule has 2 aromatic heterocycles. The van der Waals surface area contributed by atoms with Gasteiger partial charge in [0.05, 0.1) is 20.9 Å². The lowest BCUT2D eigenvalue weighted by atomic mass is 10.2. The van der Waals surface area contributed by atoms with E-state index in [1.54, 1.807) is 30.9 Å². The number of nitro groups is 1. The molecule has 0 saturated carbocycles. The number of amides is 1. The van der Waals surface area contributed by atoms with Crippen LogP contribution in [0.3, 0.4) is 0 Å². The smallest absolute Gasteiger partial charge is 0.271 e. The van der Waals surface area contributed by atoms with E-state index < -0.39 is 10.2 Å². The molecule has 28 heavy (non-hydrogen) atoms. The Morgan fingerprint density at radius 3 is 2.68 bits per heavy atom. The van der Waals surface area contributed by atoms with Gasteiger partial charge in [0.25, 0.3) is 5.69 Å². The van der Waals surface area contributed by atoms with Crippen LogP contribution in [0, 0.1) is 10.1 Å². The fraction of sp³-hybridized carbons (Fsp3) is 0.176. The molecule has 1 amide bonds. The van der Waals surface area contributed by atoms with E-state index in [0.717, 1.165) is 5.56 Å². The molecular weight excluding hydrogens is 404 g/mol. The maximum Gasteiger partial charge on any atom is 0.271 e. The Balaban J connectivity index is 1.73. The lowest BCUT2D eigenvalue weighted by Crippen LogP contribution is -2.23. The maximum absolute atomic E-state index is 12.5. The number of benzene rings is 1. The van der Waals surface area contributed by atoms with Crippen LogP contribution in [0.15, 0.2) is 47.9 Å². The van der Waals surface area contributed by atoms with Crippen LogP contribution in [0.2, 0.25) is 5.02 Å². The number of pyridine rings is 1. The van der Waals surface area contributed by atoms with E-state index in [-0.39, 0.29) is 22.3 Å². The van der Waals surface area contributed by atoms with Gasteiger partial charge in [0.15, 0.2) is 11.0 Å². The van der Waals surface area contributed by atoms with Gasteiger partial charge in [0.1, 0.15) is 0 Å². The van der Waals surface area contributed by atoms with Crippen molar-refractivity contribution in [1.29, 1.82) is 0 Å². The number of carbonyl (C=O) groups excluding carboxylic acids is 1. The number of thioether (sulfide) groups is 1. The minimum atomic E-state index is -0.551. The van der Waals surface area contributed by atoms with Crippen LogP contribution in [-0.2, 0) is 11.8 Å². The van der Waals surface area contributed by atoms with Crippen LogP contribution in [0.25, 0.3) is 11.4 Å². The largest absolute Gasteiger partial charge is 0.324 e. The second kappa shape index (κ2) is 8.36. The molecule has 0 aliphatic heterocycles. The van der Waals surface area contributed by atoms with E-state index in [2.05, 4.69) is 20.5 Å². The van der Waals surface area contributed by atoms with Gasteiger partial charge in [-0.15, -0.1) is 10.2 Å². The van der Waals surface area contributed by atoms with Gasteiger partial charge in [0, 0.05) is 37.1 Å². The van der Waals surface area contributed by atoms with Crippen LogP contribution in [0.1, 0.15) is 6.92 Å². The van der Waals surface area contributed by atoms with Gasteiger partial charge < -0.3 is 9.88 Å². The molecule has 0 fully saturated rings. The monoisotopic (exact) mass is 418 g/mol. The summed E-state index contributed by atoms with van der Waals surface area (Å²) < 4.78 is 1.78. The van der Waals surface area contributed by atoms with E-state index in [1.807, 2.05) is 12.1 Å². The molecule has 144 valence electrons. The van der Waals surface area contributed by atoms with E-state index in [9.17, 15) is 14.9 Å². The molecule has 1 atom stereocenters. The molecule has 2 heterocycles. The first-order chi connectivity index (χ1) is 13.4. The number of halogens is 1. The molecule has 0 spiro atoms. The highest BCUT2D eigenvalue weighted by Crippen LogP contribution is 2.29. The zero-order chi connectivity index (χ0) is 20.3. The number of hydrogen-bond donors (Lipinski definition) is 1. The first-order valence-electron chi connectivity index (χ1n) is 8.08. The van der Waals surface area contributed by atoms with Crippen molar-refractivity contribution < 1.29 is 9.72 Å². The van der Waals surface area contributed by atoms with Crippen molar-refractivity contribution >= 4 is 40.6 Å². The van der Waals surface area contributed by atoms with Crippen LogP contribution >= 0.6 is 23.4 Å². The fourth-order valence-corrected chi connectivity index (χ4v) is 3.32. The lowest BCUT2D eigenvalue weighted by Gasteiger charge is -2.12. The Morgan fingerprint density at radius 2 is 2.00 bits per heavy atom. The van der Waals surface area contributed by atoms with Gasteiger partial charge in [0.2, 0.25) is 5.91 Å². The summed E-state index contributed by atoms with van der Waals surface area (Å²) in [6.07, 6.45) is 3.32. The molecule has 3 aromatic rings. The van der Waals surface area contributed by atoms with Crippen molar-refractivity contribution in [1.82, 2.24) is 19.7 Å². The lowest BCUT2D eigenvalue weighted by molar-refractivity contribution is -0.384. The van der Waals surface area contributed by atoms with Crippen molar-refractivity contribution in [2.75, 3.05) is 5.32 Å². The Bertz CT molecular complexity index is 1030. The SMILES string of the molecule is C[C@H](Sc1nnc(-c2ccncc2)n1C)C(=O)Nc1cc([N+](=O)[O-])ccc1Cl. The number of nitro benzene ring substituents is 1. The van der Waals surface area contributed by atoms with Crippen LogP contribution in [0.4, 0.5) is 11.4 Å². The van der Waals surface area contributed by atoms with E-state index >= 15 is 0 Å². The fourth-order valence-electron chi connectivity index (χ4n) is 2.34. The molecule has 0 bridgehead atoms. The Kier molecular flexibility index (Phi) is 5.90. The first kappa shape index (κ1) is 19.8. The molecule has 9 nitrogen and oxygen atoms in total. The van der Waals surface area contributed by atoms with Crippen molar-refractivity contribution in [2.45, 2.75) is 17.3 Å². The summed E-state index contributed by atoms with van der Waals surface area (Å²) in [6.45, 7) is 1.70. The van der Waals surface area contributed by atoms with E-state index in [0.29, 0.717) is 11.0 Å². The molecule has 0 saturated heterocycles. The standard InChI is InChI=1S/C17H15ClN6O3S/c1-10(16(25)20-14-9-12(24(26)27)3-4-13(14)18)28-17-22-21-15(23(17)2)11-5-7-19-8-6-11/h3-10H,1-2H3,(H,20,25)/t10-/m0/s1. The minimum absolute atomic E-state index is 0.157. The number of carbonyl (C=O) groups is 1. The summed E-state index contributed by atoms with van der Waals surface area (Å²) in [7, 11) is 1.81. The third kappa shape index (κ3) is 4.29. The number of non-ortho nitro benzene ring substituents is 1. The predicted molar refractivity (Wildman–Crippen MR) is 106 cm³/mol. The van der Waals surface area contributed by atoms with E-state index in [4.69, 9.17) is 11.6 Å². The number of hydrogen-bond acceptors (Lipinski definition) is 7. The summed E-state index contributed by atoms with van der Waals surface area (Å²) in [6, 6.07) is 7.51. The molecular formula is C17H15ClN6O3S. The molecule has 0 unspecified atom stereocenters. The molecule has 0 radical (unpaired) electrons. The van der Waals surface area contributed by atoms with Crippen molar-refractivity contribution in [3.05, 3.63) is 57.9 Å². The number of nitrogens with zero attached hydrogens (tertiary/aromatic N) is 5. The summed E-state index contributed by atoms with van der Waals surface area (Å²) >= 11 is 7.24. The van der Waals surface area contributed by atoms with Crippen molar-refractivity contribution in [3.8, 4) is 11.4 Å². The average molecular weight is 419 g/mol. The third-order valence-corrected chi connectivity index (χ3v) is 5.31. The van der Waals surface area contributed by atoms with Gasteiger partial charge in [-0.2, -0.15) is 0 Å². The zero-order valence-electron chi connectivity index (χ0n) is 14.9. The van der Waals surface area contributed by atoms with Gasteiger partial charge in [-0.25, -0.2) is 0 Å². The van der Waals surface area contributed by atoms with Crippen molar-refractivity contribution in [3.63, 3.8) is 0 Å². The highest BCUT2D eigenvalue weighted by Gasteiger charge is 2.21. The third-order valence-electron chi connectivity index (χ3n) is 3.84. The summed E-state index contributed by atoms with van der Waals surface area (Å²) in [5.74, 6) is 0.292. The van der Waals surface area contributed by atoms with Gasteiger partial charge in [-0.1, -0.05) is 23.4 Å². The minimum Gasteiger partial charge on any atom is -0.324 e. The normalized spacial score (nSPS) is 11.8. The maximum atomic E-state index is 12.5. The highest BCUT2D eigenvalue weighted by atomic mass is 35.5. The topological polar surface area (TPSA) is 116 Å². The molecule has 0 aliphatic carbocycles. The van der Waals surface area contributed by atoms with Crippen molar-refractivity contribution in [2.24, 2.45) is 7.05 Å². The average Bonchev–Trinajstić information content (AvgIpc) is 3.04. The van der Waals surface area contributed by atoms with Crippen LogP contribution in [-0.4, -0.2) is 35.8 Å². The number of nitrogens with one attached hydrogen (secondary N) is 1. The number of aromatic nitrogens is 4. The second-order valence-corrected chi connectivity index (χ2v) is 7.49. The number of rotatable bonds is 6. The molecule has 1 aromatic carbocycles. The zero-order valence-corrected chi connectivity index (χ0v) is 16.4.